The summed E-state index contributed by atoms with van der Waals surface area (Å²) in [6, 6.07) is 0. The van der Waals surface area contributed by atoms with E-state index in [1.54, 1.807) is 16.7 Å². The molecule has 0 spiro atoms. The second-order valence-electron chi connectivity index (χ2n) is 20.1. The van der Waals surface area contributed by atoms with Gasteiger partial charge >= 0.3 is 33.0 Å². The molecule has 0 aliphatic heterocycles. The zero-order valence-corrected chi connectivity index (χ0v) is 57.3. The molecule has 0 bridgehead atoms. The van der Waals surface area contributed by atoms with Crippen molar-refractivity contribution in [2.75, 3.05) is 55.5 Å². The van der Waals surface area contributed by atoms with Gasteiger partial charge in [-0.15, -0.1) is 0 Å². The second-order valence-corrected chi connectivity index (χ2v) is 43.4. The summed E-state index contributed by atoms with van der Waals surface area (Å²) in [4.78, 5) is 0. The second kappa shape index (κ2) is 34.8. The van der Waals surface area contributed by atoms with Crippen molar-refractivity contribution < 1.29 is 130 Å². The standard InChI is InChI=1S/C39H78P3.3C2F6NO4S2/c1-13-22-40(23-14-2,24-15-3)31-37-34(10)38(32-41(25-16-4,26-17-5)27-18-6)36(12)39(35(37)11)33-42(28-19-7,29-20-8)30-21-9;3*3-1(4,5)14(10,11)9-15(12,13)2(6,7)8/h13-33H2,1-12H3;;;/q+3;3*-1. The third kappa shape index (κ3) is 27.4. The maximum atomic E-state index is 11.4. The minimum Gasteiger partial charge on any atom is -0.421 e. The Labute approximate surface area is 502 Å². The number of benzene rings is 1. The predicted molar refractivity (Wildman–Crippen MR) is 309 cm³/mol. The van der Waals surface area contributed by atoms with Crippen LogP contribution in [0, 0.1) is 20.8 Å². The number of rotatable bonds is 30. The summed E-state index contributed by atoms with van der Waals surface area (Å²) in [5.74, 6) is 0. The number of hydrogen-bond donors (Lipinski definition) is 0. The Hall–Kier alpha value is -1.17. The molecule has 87 heavy (non-hydrogen) atoms. The zero-order chi connectivity index (χ0) is 69.9. The fourth-order valence-corrected chi connectivity index (χ4v) is 30.3. The Balaban J connectivity index is -0.00000127. The molecule has 1 aromatic rings. The van der Waals surface area contributed by atoms with Gasteiger partial charge in [0.1, 0.15) is 0 Å². The first kappa shape index (κ1) is 90.0. The van der Waals surface area contributed by atoms with Crippen LogP contribution in [0.15, 0.2) is 0 Å². The zero-order valence-electron chi connectivity index (χ0n) is 49.7. The molecule has 42 heteroatoms. The molecule has 15 nitrogen and oxygen atoms in total. The molecule has 0 unspecified atom stereocenters. The fourth-order valence-electron chi connectivity index (χ4n) is 9.74. The van der Waals surface area contributed by atoms with Gasteiger partial charge in [0.25, 0.3) is 0 Å². The van der Waals surface area contributed by atoms with Crippen molar-refractivity contribution in [2.45, 2.75) is 192 Å². The van der Waals surface area contributed by atoms with E-state index in [0.717, 1.165) is 12.4 Å². The molecule has 0 amide bonds. The fraction of sp³-hybridized carbons (Fsp3) is 0.867. The van der Waals surface area contributed by atoms with Crippen LogP contribution in [0.25, 0.3) is 12.4 Å². The largest absolute Gasteiger partial charge is 0.480 e. The van der Waals surface area contributed by atoms with Gasteiger partial charge in [0.2, 0.25) is 0 Å². The average Bonchev–Trinajstić information content (AvgIpc) is 3.29. The van der Waals surface area contributed by atoms with Gasteiger partial charge in [-0.25, -0.2) is 50.5 Å². The molecule has 0 heterocycles. The highest BCUT2D eigenvalue weighted by atomic mass is 32.3. The van der Waals surface area contributed by atoms with Crippen molar-refractivity contribution in [2.24, 2.45) is 0 Å². The lowest BCUT2D eigenvalue weighted by atomic mass is 9.90. The molecule has 0 fully saturated rings. The first-order chi connectivity index (χ1) is 38.7. The number of hydrogen-bond acceptors (Lipinski definition) is 12. The molecule has 0 aliphatic rings. The van der Waals surface area contributed by atoms with Gasteiger partial charge in [0.15, 0.2) is 60.1 Å². The molecule has 0 aliphatic carbocycles. The van der Waals surface area contributed by atoms with E-state index in [2.05, 4.69) is 83.1 Å². The molecule has 0 radical (unpaired) electrons. The lowest BCUT2D eigenvalue weighted by Crippen LogP contribution is -2.30. The van der Waals surface area contributed by atoms with Crippen LogP contribution in [0.2, 0.25) is 0 Å². The number of sulfonamides is 6. The molecule has 522 valence electrons. The minimum absolute atomic E-state index is 0.778. The summed E-state index contributed by atoms with van der Waals surface area (Å²) in [6.07, 6.45) is 30.1. The smallest absolute Gasteiger partial charge is 0.421 e. The van der Waals surface area contributed by atoms with Gasteiger partial charge in [-0.3, -0.25) is 0 Å². The molecule has 0 atom stereocenters. The Bertz CT molecular complexity index is 2500. The molecule has 0 aromatic heterocycles. The monoisotopic (exact) mass is 1480 g/mol. The summed E-state index contributed by atoms with van der Waals surface area (Å²) in [7, 11) is -43.3. The lowest BCUT2D eigenvalue weighted by Gasteiger charge is -2.34. The van der Waals surface area contributed by atoms with Gasteiger partial charge in [-0.1, -0.05) is 62.3 Å². The SMILES string of the molecule is CCC[P+](CCC)(CCC)Cc1c(C)c(C[P+](CCC)(CCC)CCC)c(C)c(C[P+](CCC)(CCC)CCC)c1C.O=S(=O)([N-]S(=O)(=O)C(F)(F)F)C(F)(F)F.O=S(=O)([N-]S(=O)(=O)C(F)(F)F)C(F)(F)F.O=S(=O)([N-]S(=O)(=O)C(F)(F)F)C(F)(F)F. The third-order valence-corrected chi connectivity index (χ3v) is 36.6. The van der Waals surface area contributed by atoms with E-state index in [0.29, 0.717) is 0 Å². The van der Waals surface area contributed by atoms with Crippen LogP contribution >= 0.6 is 21.8 Å². The van der Waals surface area contributed by atoms with E-state index >= 15 is 0 Å². The van der Waals surface area contributed by atoms with Crippen molar-refractivity contribution in [1.82, 2.24) is 0 Å². The predicted octanol–water partition coefficient (Wildman–Crippen LogP) is 17.0. The van der Waals surface area contributed by atoms with Crippen LogP contribution in [-0.4, -0.2) is 139 Å². The molecule has 0 saturated heterocycles. The minimum atomic E-state index is -6.72. The van der Waals surface area contributed by atoms with Crippen molar-refractivity contribution >= 4 is 81.9 Å². The van der Waals surface area contributed by atoms with Gasteiger partial charge in [0, 0.05) is 21.8 Å². The van der Waals surface area contributed by atoms with Crippen LogP contribution in [0.4, 0.5) is 79.0 Å². The molecular weight excluding hydrogens is 1400 g/mol. The van der Waals surface area contributed by atoms with Crippen LogP contribution in [0.5, 0.6) is 0 Å². The molecule has 1 rings (SSSR count). The van der Waals surface area contributed by atoms with E-state index in [1.165, 1.54) is 132 Å². The van der Waals surface area contributed by atoms with E-state index in [-0.39, 0.29) is 0 Å². The molecular formula is C45H78F18N3O12P3S6. The first-order valence-electron chi connectivity index (χ1n) is 26.4. The van der Waals surface area contributed by atoms with E-state index in [9.17, 15) is 130 Å². The van der Waals surface area contributed by atoms with E-state index in [4.69, 9.17) is 0 Å². The van der Waals surface area contributed by atoms with Crippen molar-refractivity contribution in [1.29, 1.82) is 0 Å². The van der Waals surface area contributed by atoms with Gasteiger partial charge in [-0.05, 0) is 112 Å². The van der Waals surface area contributed by atoms with Gasteiger partial charge in [0.05, 0.1) is 73.9 Å². The highest BCUT2D eigenvalue weighted by molar-refractivity contribution is 8.14. The molecule has 1 aromatic carbocycles. The van der Waals surface area contributed by atoms with Gasteiger partial charge < -0.3 is 12.4 Å². The molecule has 0 saturated carbocycles. The number of alkyl halides is 18. The normalized spacial score (nSPS) is 14.1. The summed E-state index contributed by atoms with van der Waals surface area (Å²) >= 11 is 0. The lowest BCUT2D eigenvalue weighted by molar-refractivity contribution is -0.0456. The average molecular weight is 1480 g/mol. The summed E-state index contributed by atoms with van der Waals surface area (Å²) in [5.41, 5.74) is -26.4. The van der Waals surface area contributed by atoms with Gasteiger partial charge in [-0.2, -0.15) is 79.0 Å². The van der Waals surface area contributed by atoms with Crippen molar-refractivity contribution in [3.63, 3.8) is 0 Å². The summed E-state index contributed by atoms with van der Waals surface area (Å²) < 4.78 is 328. The molecule has 0 N–H and O–H groups in total. The van der Waals surface area contributed by atoms with Crippen LogP contribution in [-0.2, 0) is 78.6 Å². The maximum absolute atomic E-state index is 11.4. The Morgan fingerprint density at radius 2 is 0.356 bits per heavy atom. The highest BCUT2D eigenvalue weighted by Crippen LogP contribution is 2.68. The Kier molecular flexibility index (Phi) is 36.0. The highest BCUT2D eigenvalue weighted by Gasteiger charge is 2.50. The van der Waals surface area contributed by atoms with Crippen LogP contribution in [0.1, 0.15) is 153 Å². The van der Waals surface area contributed by atoms with Crippen molar-refractivity contribution in [3.05, 3.63) is 45.8 Å². The number of halogens is 18. The third-order valence-electron chi connectivity index (χ3n) is 12.8. The Morgan fingerprint density at radius 1 is 0.253 bits per heavy atom. The maximum Gasteiger partial charge on any atom is 0.480 e. The van der Waals surface area contributed by atoms with Crippen molar-refractivity contribution in [3.8, 4) is 0 Å². The number of nitrogens with zero attached hydrogens (tertiary/aromatic N) is 3. The van der Waals surface area contributed by atoms with Crippen LogP contribution in [0.3, 0.4) is 0 Å². The Morgan fingerprint density at radius 3 is 0.437 bits per heavy atom. The summed E-state index contributed by atoms with van der Waals surface area (Å²) in [6.45, 7) is 29.9. The van der Waals surface area contributed by atoms with Crippen LogP contribution < -0.4 is 0 Å². The topological polar surface area (TPSA) is 247 Å². The first-order valence-corrected chi connectivity index (χ1v) is 42.7. The summed E-state index contributed by atoms with van der Waals surface area (Å²) in [5, 5.41) is 0. The van der Waals surface area contributed by atoms with E-state index in [1.807, 2.05) is 16.7 Å². The quantitative estimate of drug-likeness (QED) is 0.0515. The van der Waals surface area contributed by atoms with E-state index < -0.39 is 115 Å².